The lowest BCUT2D eigenvalue weighted by Crippen LogP contribution is -2.51. The van der Waals surface area contributed by atoms with Crippen LogP contribution in [0.15, 0.2) is 30.3 Å². The Morgan fingerprint density at radius 3 is 2.43 bits per heavy atom. The number of benzene rings is 1. The minimum Gasteiger partial charge on any atom is -0.345 e. The van der Waals surface area contributed by atoms with Gasteiger partial charge in [0.1, 0.15) is 0 Å². The first-order valence-electron chi connectivity index (χ1n) is 7.32. The number of nitrogens with one attached hydrogen (secondary N) is 1. The molecule has 0 spiro atoms. The molecule has 1 aromatic carbocycles. The third-order valence-corrected chi connectivity index (χ3v) is 4.31. The van der Waals surface area contributed by atoms with Gasteiger partial charge in [0.15, 0.2) is 0 Å². The molecule has 5 heteroatoms. The Morgan fingerprint density at radius 2 is 1.90 bits per heavy atom. The molecule has 1 amide bonds. The van der Waals surface area contributed by atoms with E-state index in [2.05, 4.69) is 5.32 Å². The molecule has 0 heterocycles. The first kappa shape index (κ1) is 15.9. The van der Waals surface area contributed by atoms with Crippen LogP contribution in [0, 0.1) is 5.92 Å². The number of hydrogen-bond acceptors (Lipinski definition) is 2. The third-order valence-electron chi connectivity index (χ3n) is 4.31. The highest BCUT2D eigenvalue weighted by Crippen LogP contribution is 2.36. The van der Waals surface area contributed by atoms with E-state index in [0.29, 0.717) is 0 Å². The first-order chi connectivity index (χ1) is 9.86. The third kappa shape index (κ3) is 3.79. The minimum atomic E-state index is -2.62. The van der Waals surface area contributed by atoms with Gasteiger partial charge in [-0.3, -0.25) is 4.79 Å². The molecule has 21 heavy (non-hydrogen) atoms. The van der Waals surface area contributed by atoms with Gasteiger partial charge in [0.05, 0.1) is 5.54 Å². The molecule has 1 aromatic rings. The van der Waals surface area contributed by atoms with E-state index in [1.54, 1.807) is 0 Å². The summed E-state index contributed by atoms with van der Waals surface area (Å²) in [6.45, 7) is 2.11. The van der Waals surface area contributed by atoms with Gasteiger partial charge in [-0.25, -0.2) is 8.78 Å². The van der Waals surface area contributed by atoms with Crippen LogP contribution in [0.25, 0.3) is 0 Å². The van der Waals surface area contributed by atoms with Crippen LogP contribution in [0.3, 0.4) is 0 Å². The fraction of sp³-hybridized carbons (Fsp3) is 0.562. The smallest absolute Gasteiger partial charge is 0.248 e. The molecule has 1 atom stereocenters. The summed E-state index contributed by atoms with van der Waals surface area (Å²) < 4.78 is 26.3. The molecule has 1 aliphatic carbocycles. The number of nitrogens with two attached hydrogens (primary N) is 1. The van der Waals surface area contributed by atoms with Gasteiger partial charge >= 0.3 is 0 Å². The topological polar surface area (TPSA) is 55.1 Å². The van der Waals surface area contributed by atoms with E-state index in [-0.39, 0.29) is 44.1 Å². The van der Waals surface area contributed by atoms with Gasteiger partial charge in [-0.2, -0.15) is 0 Å². The van der Waals surface area contributed by atoms with Crippen LogP contribution >= 0.6 is 0 Å². The fourth-order valence-corrected chi connectivity index (χ4v) is 2.72. The molecule has 1 fully saturated rings. The number of carbonyl (C=O) groups is 1. The molecule has 1 unspecified atom stereocenters. The van der Waals surface area contributed by atoms with Crippen molar-refractivity contribution in [3.8, 4) is 0 Å². The van der Waals surface area contributed by atoms with Gasteiger partial charge in [0, 0.05) is 25.3 Å². The van der Waals surface area contributed by atoms with Crippen LogP contribution in [0.1, 0.15) is 38.2 Å². The van der Waals surface area contributed by atoms with E-state index in [9.17, 15) is 13.6 Å². The summed E-state index contributed by atoms with van der Waals surface area (Å²) >= 11 is 0. The van der Waals surface area contributed by atoms with Crippen molar-refractivity contribution in [2.75, 3.05) is 6.54 Å². The van der Waals surface area contributed by atoms with Crippen LogP contribution in [0.5, 0.6) is 0 Å². The zero-order valence-corrected chi connectivity index (χ0v) is 12.2. The van der Waals surface area contributed by atoms with Gasteiger partial charge in [-0.05, 0) is 25.3 Å². The second-order valence-electron chi connectivity index (χ2n) is 6.02. The lowest BCUT2D eigenvalue weighted by atomic mass is 9.84. The van der Waals surface area contributed by atoms with Crippen molar-refractivity contribution in [2.45, 2.75) is 44.1 Å². The van der Waals surface area contributed by atoms with Gasteiger partial charge in [-0.15, -0.1) is 0 Å². The number of hydrogen-bond donors (Lipinski definition) is 2. The summed E-state index contributed by atoms with van der Waals surface area (Å²) in [6.07, 6.45) is 0.0358. The largest absolute Gasteiger partial charge is 0.345 e. The molecule has 0 bridgehead atoms. The van der Waals surface area contributed by atoms with Gasteiger partial charge < -0.3 is 11.1 Å². The van der Waals surface area contributed by atoms with E-state index in [1.807, 2.05) is 37.3 Å². The van der Waals surface area contributed by atoms with Crippen molar-refractivity contribution in [3.63, 3.8) is 0 Å². The Balaban J connectivity index is 2.04. The van der Waals surface area contributed by atoms with E-state index in [4.69, 9.17) is 5.73 Å². The van der Waals surface area contributed by atoms with Crippen molar-refractivity contribution < 1.29 is 13.6 Å². The lowest BCUT2D eigenvalue weighted by Gasteiger charge is -2.34. The number of halogens is 2. The zero-order chi connectivity index (χ0) is 15.5. The summed E-state index contributed by atoms with van der Waals surface area (Å²) in [4.78, 5) is 12.3. The van der Waals surface area contributed by atoms with Crippen molar-refractivity contribution in [1.82, 2.24) is 5.32 Å². The number of rotatable bonds is 4. The highest BCUT2D eigenvalue weighted by Gasteiger charge is 2.39. The van der Waals surface area contributed by atoms with E-state index >= 15 is 0 Å². The monoisotopic (exact) mass is 296 g/mol. The van der Waals surface area contributed by atoms with Crippen molar-refractivity contribution in [1.29, 1.82) is 0 Å². The van der Waals surface area contributed by atoms with Crippen LogP contribution in [0.4, 0.5) is 8.78 Å². The summed E-state index contributed by atoms with van der Waals surface area (Å²) in [6, 6.07) is 9.48. The maximum Gasteiger partial charge on any atom is 0.248 e. The molecule has 0 saturated heterocycles. The molecule has 3 nitrogen and oxygen atoms in total. The molecule has 0 radical (unpaired) electrons. The summed E-state index contributed by atoms with van der Waals surface area (Å²) in [7, 11) is 0. The van der Waals surface area contributed by atoms with Gasteiger partial charge in [0.2, 0.25) is 11.8 Å². The second kappa shape index (κ2) is 6.10. The molecule has 0 aliphatic heterocycles. The lowest BCUT2D eigenvalue weighted by molar-refractivity contribution is -0.131. The number of amides is 1. The van der Waals surface area contributed by atoms with Crippen LogP contribution in [-0.2, 0) is 10.3 Å². The normalized spacial score (nSPS) is 21.5. The molecular formula is C16H22F2N2O. The fourth-order valence-electron chi connectivity index (χ4n) is 2.72. The van der Waals surface area contributed by atoms with Crippen LogP contribution in [0.2, 0.25) is 0 Å². The Kier molecular flexibility index (Phi) is 4.61. The Hall–Kier alpha value is -1.49. The molecule has 2 rings (SSSR count). The van der Waals surface area contributed by atoms with Crippen molar-refractivity contribution >= 4 is 5.91 Å². The van der Waals surface area contributed by atoms with Crippen molar-refractivity contribution in [2.24, 2.45) is 11.7 Å². The van der Waals surface area contributed by atoms with Gasteiger partial charge in [-0.1, -0.05) is 30.3 Å². The highest BCUT2D eigenvalue weighted by molar-refractivity contribution is 5.79. The maximum absolute atomic E-state index is 13.2. The quantitative estimate of drug-likeness (QED) is 0.897. The number of carbonyl (C=O) groups excluding carboxylic acids is 1. The number of alkyl halides is 2. The average Bonchev–Trinajstić information content (AvgIpc) is 2.47. The zero-order valence-electron chi connectivity index (χ0n) is 12.2. The Bertz CT molecular complexity index is 482. The summed E-state index contributed by atoms with van der Waals surface area (Å²) in [5, 5.41) is 2.95. The molecule has 116 valence electrons. The predicted molar refractivity (Wildman–Crippen MR) is 77.9 cm³/mol. The summed E-state index contributed by atoms with van der Waals surface area (Å²) in [5.41, 5.74) is 6.08. The highest BCUT2D eigenvalue weighted by atomic mass is 19.3. The minimum absolute atomic E-state index is 0.178. The van der Waals surface area contributed by atoms with Gasteiger partial charge in [0.25, 0.3) is 0 Å². The van der Waals surface area contributed by atoms with Crippen molar-refractivity contribution in [3.05, 3.63) is 35.9 Å². The molecule has 3 N–H and O–H groups in total. The van der Waals surface area contributed by atoms with Crippen LogP contribution in [-0.4, -0.2) is 18.4 Å². The van der Waals surface area contributed by atoms with E-state index in [0.717, 1.165) is 5.56 Å². The van der Waals surface area contributed by atoms with E-state index in [1.165, 1.54) is 0 Å². The second-order valence-corrected chi connectivity index (χ2v) is 6.02. The molecule has 0 aromatic heterocycles. The van der Waals surface area contributed by atoms with E-state index < -0.39 is 11.5 Å². The first-order valence-corrected chi connectivity index (χ1v) is 7.32. The summed E-state index contributed by atoms with van der Waals surface area (Å²) in [5.74, 6) is -3.14. The average molecular weight is 296 g/mol. The van der Waals surface area contributed by atoms with Crippen LogP contribution < -0.4 is 11.1 Å². The standard InChI is InChI=1S/C16H22F2N2O/c1-15(11-19,13-5-3-2-4-6-13)20-14(21)12-7-9-16(17,18)10-8-12/h2-6,12H,7-11,19H2,1H3,(H,20,21). The Labute approximate surface area is 123 Å². The SMILES string of the molecule is CC(CN)(NC(=O)C1CCC(F)(F)CC1)c1ccccc1. The molecule has 1 saturated carbocycles. The molecule has 1 aliphatic rings. The molecular weight excluding hydrogens is 274 g/mol. The maximum atomic E-state index is 13.2. The Morgan fingerprint density at radius 1 is 1.33 bits per heavy atom. The predicted octanol–water partition coefficient (Wildman–Crippen LogP) is 2.80.